The van der Waals surface area contributed by atoms with Gasteiger partial charge in [0, 0.05) is 17.2 Å². The van der Waals surface area contributed by atoms with Crippen molar-refractivity contribution in [3.63, 3.8) is 0 Å². The molecule has 2 unspecified atom stereocenters. The molecule has 1 N–H and O–H groups in total. The highest BCUT2D eigenvalue weighted by Crippen LogP contribution is 2.39. The fourth-order valence-corrected chi connectivity index (χ4v) is 4.26. The van der Waals surface area contributed by atoms with Crippen LogP contribution in [0.2, 0.25) is 0 Å². The monoisotopic (exact) mass is 277 g/mol. The highest BCUT2D eigenvalue weighted by molar-refractivity contribution is 7.10. The molecule has 2 atom stereocenters. The molecule has 3 rings (SSSR count). The second-order valence-electron chi connectivity index (χ2n) is 5.47. The summed E-state index contributed by atoms with van der Waals surface area (Å²) in [4.78, 5) is 1.60. The molecule has 1 aromatic rings. The van der Waals surface area contributed by atoms with Gasteiger partial charge in [0.1, 0.15) is 5.76 Å². The average molecular weight is 277 g/mol. The van der Waals surface area contributed by atoms with E-state index in [0.717, 1.165) is 19.6 Å². The molecule has 2 heterocycles. The van der Waals surface area contributed by atoms with E-state index in [4.69, 9.17) is 4.74 Å². The van der Waals surface area contributed by atoms with Crippen LogP contribution in [0.15, 0.2) is 23.3 Å². The predicted molar refractivity (Wildman–Crippen MR) is 80.7 cm³/mol. The van der Waals surface area contributed by atoms with Crippen LogP contribution >= 0.6 is 11.3 Å². The lowest BCUT2D eigenvalue weighted by molar-refractivity contribution is 0.202. The van der Waals surface area contributed by atoms with Gasteiger partial charge in [0.2, 0.25) is 0 Å². The van der Waals surface area contributed by atoms with Crippen molar-refractivity contribution >= 4 is 11.3 Å². The van der Waals surface area contributed by atoms with Crippen LogP contribution in [-0.2, 0) is 11.2 Å². The first-order valence-electron chi connectivity index (χ1n) is 7.52. The molecule has 1 aromatic heterocycles. The molecule has 3 heteroatoms. The molecule has 2 nitrogen and oxygen atoms in total. The van der Waals surface area contributed by atoms with Gasteiger partial charge in [-0.3, -0.25) is 0 Å². The van der Waals surface area contributed by atoms with Gasteiger partial charge in [-0.15, -0.1) is 11.3 Å². The smallest absolute Gasteiger partial charge is 0.110 e. The van der Waals surface area contributed by atoms with Gasteiger partial charge in [-0.25, -0.2) is 0 Å². The first kappa shape index (κ1) is 13.2. The molecule has 0 amide bonds. The normalized spacial score (nSPS) is 23.6. The molecule has 1 aliphatic heterocycles. The first-order valence-corrected chi connectivity index (χ1v) is 8.40. The van der Waals surface area contributed by atoms with Crippen LogP contribution in [0.1, 0.15) is 49.0 Å². The maximum Gasteiger partial charge on any atom is 0.110 e. The average Bonchev–Trinajstić information content (AvgIpc) is 3.10. The number of aryl methyl sites for hydroxylation is 1. The van der Waals surface area contributed by atoms with Gasteiger partial charge in [-0.2, -0.15) is 0 Å². The number of hydrogen-bond donors (Lipinski definition) is 1. The Morgan fingerprint density at radius 3 is 3.26 bits per heavy atom. The Labute approximate surface area is 119 Å². The molecular weight excluding hydrogens is 254 g/mol. The summed E-state index contributed by atoms with van der Waals surface area (Å²) in [6.07, 6.45) is 8.40. The fraction of sp³-hybridized carbons (Fsp3) is 0.625. The van der Waals surface area contributed by atoms with E-state index in [1.54, 1.807) is 10.4 Å². The Morgan fingerprint density at radius 1 is 1.53 bits per heavy atom. The Morgan fingerprint density at radius 2 is 2.47 bits per heavy atom. The summed E-state index contributed by atoms with van der Waals surface area (Å²) in [6, 6.07) is 2.72. The zero-order valence-corrected chi connectivity index (χ0v) is 12.5. The van der Waals surface area contributed by atoms with Crippen molar-refractivity contribution in [3.8, 4) is 0 Å². The van der Waals surface area contributed by atoms with Crippen LogP contribution in [0, 0.1) is 0 Å². The summed E-state index contributed by atoms with van der Waals surface area (Å²) in [7, 11) is 0. The maximum atomic E-state index is 5.86. The molecule has 0 fully saturated rings. The van der Waals surface area contributed by atoms with Crippen LogP contribution in [-0.4, -0.2) is 19.2 Å². The molecule has 0 saturated heterocycles. The summed E-state index contributed by atoms with van der Waals surface area (Å²) >= 11 is 1.92. The number of nitrogens with one attached hydrogen (secondary N) is 1. The van der Waals surface area contributed by atoms with E-state index < -0.39 is 0 Å². The SMILES string of the molecule is CCCNC(C1=CCCO1)C1CCCc2sccc21. The molecule has 104 valence electrons. The first-order chi connectivity index (χ1) is 9.40. The Kier molecular flexibility index (Phi) is 4.24. The van der Waals surface area contributed by atoms with Crippen molar-refractivity contribution in [1.29, 1.82) is 0 Å². The lowest BCUT2D eigenvalue weighted by Crippen LogP contribution is -2.38. The molecular formula is C16H23NOS. The van der Waals surface area contributed by atoms with Crippen LogP contribution < -0.4 is 5.32 Å². The highest BCUT2D eigenvalue weighted by atomic mass is 32.1. The van der Waals surface area contributed by atoms with Crippen LogP contribution in [0.5, 0.6) is 0 Å². The predicted octanol–water partition coefficient (Wildman–Crippen LogP) is 3.84. The number of thiophene rings is 1. The molecule has 0 bridgehead atoms. The van der Waals surface area contributed by atoms with E-state index in [2.05, 4.69) is 29.8 Å². The molecule has 0 saturated carbocycles. The topological polar surface area (TPSA) is 21.3 Å². The third kappa shape index (κ3) is 2.72. The molecule has 0 spiro atoms. The van der Waals surface area contributed by atoms with Gasteiger partial charge in [0.25, 0.3) is 0 Å². The molecule has 1 aliphatic carbocycles. The molecule has 0 aromatic carbocycles. The second-order valence-corrected chi connectivity index (χ2v) is 6.47. The lowest BCUT2D eigenvalue weighted by atomic mass is 9.81. The van der Waals surface area contributed by atoms with Gasteiger partial charge in [-0.05, 0) is 55.3 Å². The Bertz CT molecular complexity index is 451. The van der Waals surface area contributed by atoms with Gasteiger partial charge in [-0.1, -0.05) is 6.92 Å². The van der Waals surface area contributed by atoms with Crippen LogP contribution in [0.4, 0.5) is 0 Å². The molecule has 2 aliphatic rings. The van der Waals surface area contributed by atoms with Crippen molar-refractivity contribution in [2.24, 2.45) is 0 Å². The minimum Gasteiger partial charge on any atom is -0.496 e. The highest BCUT2D eigenvalue weighted by Gasteiger charge is 2.32. The quantitative estimate of drug-likeness (QED) is 0.883. The Balaban J connectivity index is 1.84. The van der Waals surface area contributed by atoms with Gasteiger partial charge >= 0.3 is 0 Å². The van der Waals surface area contributed by atoms with Crippen molar-refractivity contribution < 1.29 is 4.74 Å². The third-order valence-electron chi connectivity index (χ3n) is 4.15. The summed E-state index contributed by atoms with van der Waals surface area (Å²) in [5.41, 5.74) is 1.57. The largest absolute Gasteiger partial charge is 0.496 e. The van der Waals surface area contributed by atoms with Gasteiger partial charge in [0.05, 0.1) is 12.6 Å². The zero-order chi connectivity index (χ0) is 13.1. The van der Waals surface area contributed by atoms with Crippen molar-refractivity contribution in [2.75, 3.05) is 13.2 Å². The summed E-state index contributed by atoms with van der Waals surface area (Å²) in [6.45, 7) is 4.16. The standard InChI is InChI=1S/C16H23NOS/c1-2-9-17-16(14-6-4-10-18-14)13-5-3-7-15-12(13)8-11-19-15/h6,8,11,13,16-17H,2-5,7,9-10H2,1H3. The minimum absolute atomic E-state index is 0.385. The summed E-state index contributed by atoms with van der Waals surface area (Å²) in [5.74, 6) is 1.79. The summed E-state index contributed by atoms with van der Waals surface area (Å²) in [5, 5.41) is 5.98. The fourth-order valence-electron chi connectivity index (χ4n) is 3.26. The van der Waals surface area contributed by atoms with Crippen molar-refractivity contribution in [1.82, 2.24) is 5.32 Å². The lowest BCUT2D eigenvalue weighted by Gasteiger charge is -2.32. The zero-order valence-electron chi connectivity index (χ0n) is 11.7. The molecule has 19 heavy (non-hydrogen) atoms. The van der Waals surface area contributed by atoms with Crippen LogP contribution in [0.3, 0.4) is 0 Å². The number of ether oxygens (including phenoxy) is 1. The van der Waals surface area contributed by atoms with E-state index in [1.807, 2.05) is 11.3 Å². The van der Waals surface area contributed by atoms with E-state index in [0.29, 0.717) is 12.0 Å². The van der Waals surface area contributed by atoms with E-state index in [-0.39, 0.29) is 0 Å². The summed E-state index contributed by atoms with van der Waals surface area (Å²) < 4.78 is 5.86. The third-order valence-corrected chi connectivity index (χ3v) is 5.15. The van der Waals surface area contributed by atoms with Crippen molar-refractivity contribution in [2.45, 2.75) is 51.0 Å². The second kappa shape index (κ2) is 6.10. The molecule has 0 radical (unpaired) electrons. The van der Waals surface area contributed by atoms with E-state index in [9.17, 15) is 0 Å². The number of fused-ring (bicyclic) bond motifs is 1. The Hall–Kier alpha value is -0.800. The van der Waals surface area contributed by atoms with E-state index in [1.165, 1.54) is 31.4 Å². The van der Waals surface area contributed by atoms with Crippen LogP contribution in [0.25, 0.3) is 0 Å². The maximum absolute atomic E-state index is 5.86. The van der Waals surface area contributed by atoms with E-state index >= 15 is 0 Å². The van der Waals surface area contributed by atoms with Crippen molar-refractivity contribution in [3.05, 3.63) is 33.7 Å². The number of rotatable bonds is 5. The van der Waals surface area contributed by atoms with Gasteiger partial charge in [0.15, 0.2) is 0 Å². The number of hydrogen-bond acceptors (Lipinski definition) is 3. The van der Waals surface area contributed by atoms with Gasteiger partial charge < -0.3 is 10.1 Å². The minimum atomic E-state index is 0.385.